The molecule has 0 atom stereocenters. The molecule has 2 rings (SSSR count). The summed E-state index contributed by atoms with van der Waals surface area (Å²) >= 11 is 13.5. The summed E-state index contributed by atoms with van der Waals surface area (Å²) in [7, 11) is 0. The minimum Gasteiger partial charge on any atom is -0.325 e. The zero-order valence-electron chi connectivity index (χ0n) is 12.1. The fourth-order valence-electron chi connectivity index (χ4n) is 2.22. The standard InChI is InChI=1S/C15H16Cl2N2OS/c1-4-19-13(8-20)18-15(14(19)9(2)3)21-12-6-10(16)5-11(17)7-12/h5-9H,4H2,1-3H3. The first-order chi connectivity index (χ1) is 9.96. The molecule has 1 heterocycles. The highest BCUT2D eigenvalue weighted by atomic mass is 35.5. The van der Waals surface area contributed by atoms with Gasteiger partial charge in [-0.25, -0.2) is 4.98 Å². The number of benzene rings is 1. The van der Waals surface area contributed by atoms with E-state index in [0.29, 0.717) is 22.4 Å². The first-order valence-electron chi connectivity index (χ1n) is 6.65. The Morgan fingerprint density at radius 3 is 2.38 bits per heavy atom. The molecule has 0 saturated carbocycles. The topological polar surface area (TPSA) is 34.9 Å². The minimum absolute atomic E-state index is 0.267. The second-order valence-corrected chi connectivity index (χ2v) is 6.82. The predicted octanol–water partition coefficient (Wildman–Crippen LogP) is 5.30. The van der Waals surface area contributed by atoms with Gasteiger partial charge in [0.2, 0.25) is 0 Å². The molecule has 112 valence electrons. The molecule has 0 amide bonds. The number of imidazole rings is 1. The quantitative estimate of drug-likeness (QED) is 0.691. The molecular formula is C15H16Cl2N2OS. The van der Waals surface area contributed by atoms with E-state index in [-0.39, 0.29) is 5.92 Å². The summed E-state index contributed by atoms with van der Waals surface area (Å²) in [5.74, 6) is 0.722. The lowest BCUT2D eigenvalue weighted by atomic mass is 10.1. The highest BCUT2D eigenvalue weighted by Gasteiger charge is 2.19. The van der Waals surface area contributed by atoms with Gasteiger partial charge in [0, 0.05) is 21.5 Å². The van der Waals surface area contributed by atoms with Crippen LogP contribution < -0.4 is 0 Å². The number of halogens is 2. The summed E-state index contributed by atoms with van der Waals surface area (Å²) in [6, 6.07) is 5.37. The Balaban J connectivity index is 2.48. The molecule has 2 aromatic rings. The molecule has 3 nitrogen and oxygen atoms in total. The van der Waals surface area contributed by atoms with E-state index in [1.54, 1.807) is 6.07 Å². The molecular weight excluding hydrogens is 327 g/mol. The van der Waals surface area contributed by atoms with Crippen LogP contribution in [0.3, 0.4) is 0 Å². The first-order valence-corrected chi connectivity index (χ1v) is 8.23. The molecule has 0 saturated heterocycles. The van der Waals surface area contributed by atoms with Crippen LogP contribution in [0.4, 0.5) is 0 Å². The van der Waals surface area contributed by atoms with Gasteiger partial charge in [-0.2, -0.15) is 0 Å². The maximum atomic E-state index is 11.2. The van der Waals surface area contributed by atoms with Gasteiger partial charge in [0.1, 0.15) is 5.03 Å². The van der Waals surface area contributed by atoms with E-state index in [1.807, 2.05) is 23.6 Å². The smallest absolute Gasteiger partial charge is 0.185 e. The van der Waals surface area contributed by atoms with Gasteiger partial charge in [0.05, 0.1) is 5.69 Å². The molecule has 0 spiro atoms. The monoisotopic (exact) mass is 342 g/mol. The van der Waals surface area contributed by atoms with Crippen molar-refractivity contribution >= 4 is 41.2 Å². The summed E-state index contributed by atoms with van der Waals surface area (Å²) in [5.41, 5.74) is 1.06. The third-order valence-electron chi connectivity index (χ3n) is 3.02. The second kappa shape index (κ2) is 6.86. The van der Waals surface area contributed by atoms with Gasteiger partial charge in [0.25, 0.3) is 0 Å². The van der Waals surface area contributed by atoms with Crippen LogP contribution >= 0.6 is 35.0 Å². The van der Waals surface area contributed by atoms with Crippen molar-refractivity contribution in [3.63, 3.8) is 0 Å². The number of hydrogen-bond acceptors (Lipinski definition) is 3. The second-order valence-electron chi connectivity index (χ2n) is 4.88. The van der Waals surface area contributed by atoms with Crippen LogP contribution in [0, 0.1) is 0 Å². The number of carbonyl (C=O) groups is 1. The third-order valence-corrected chi connectivity index (χ3v) is 4.42. The fraction of sp³-hybridized carbons (Fsp3) is 0.333. The van der Waals surface area contributed by atoms with E-state index in [9.17, 15) is 4.79 Å². The zero-order chi connectivity index (χ0) is 15.6. The number of aldehydes is 1. The lowest BCUT2D eigenvalue weighted by Gasteiger charge is -2.12. The number of hydrogen-bond donors (Lipinski definition) is 0. The van der Waals surface area contributed by atoms with E-state index >= 15 is 0 Å². The molecule has 0 bridgehead atoms. The van der Waals surface area contributed by atoms with E-state index in [1.165, 1.54) is 11.8 Å². The summed E-state index contributed by atoms with van der Waals surface area (Å²) < 4.78 is 1.95. The number of nitrogens with zero attached hydrogens (tertiary/aromatic N) is 2. The maximum absolute atomic E-state index is 11.2. The Morgan fingerprint density at radius 1 is 1.29 bits per heavy atom. The van der Waals surface area contributed by atoms with Gasteiger partial charge in [-0.15, -0.1) is 0 Å². The molecule has 0 unspecified atom stereocenters. The lowest BCUT2D eigenvalue weighted by Crippen LogP contribution is -2.06. The largest absolute Gasteiger partial charge is 0.325 e. The van der Waals surface area contributed by atoms with Gasteiger partial charge in [-0.3, -0.25) is 4.79 Å². The molecule has 0 aliphatic rings. The Kier molecular flexibility index (Phi) is 5.36. The maximum Gasteiger partial charge on any atom is 0.185 e. The fourth-order valence-corrected chi connectivity index (χ4v) is 4.06. The van der Waals surface area contributed by atoms with Crippen LogP contribution in [0.1, 0.15) is 43.0 Å². The molecule has 6 heteroatoms. The Morgan fingerprint density at radius 2 is 1.90 bits per heavy atom. The van der Waals surface area contributed by atoms with E-state index in [2.05, 4.69) is 18.8 Å². The Hall–Kier alpha value is -0.970. The van der Waals surface area contributed by atoms with Crippen LogP contribution in [0.2, 0.25) is 10.0 Å². The molecule has 1 aromatic carbocycles. The normalized spacial score (nSPS) is 11.1. The van der Waals surface area contributed by atoms with Crippen molar-refractivity contribution in [2.45, 2.75) is 43.2 Å². The Bertz CT molecular complexity index is 648. The van der Waals surface area contributed by atoms with Crippen molar-refractivity contribution in [2.75, 3.05) is 0 Å². The van der Waals surface area contributed by atoms with Crippen LogP contribution in [-0.2, 0) is 6.54 Å². The average molecular weight is 343 g/mol. The summed E-state index contributed by atoms with van der Waals surface area (Å²) in [6.45, 7) is 6.90. The minimum atomic E-state index is 0.267. The van der Waals surface area contributed by atoms with E-state index < -0.39 is 0 Å². The summed E-state index contributed by atoms with van der Waals surface area (Å²) in [5, 5.41) is 2.00. The third kappa shape index (κ3) is 3.62. The van der Waals surface area contributed by atoms with Gasteiger partial charge in [-0.05, 0) is 31.0 Å². The zero-order valence-corrected chi connectivity index (χ0v) is 14.4. The molecule has 0 radical (unpaired) electrons. The van der Waals surface area contributed by atoms with Crippen molar-refractivity contribution in [3.8, 4) is 0 Å². The molecule has 0 fully saturated rings. The molecule has 1 aromatic heterocycles. The lowest BCUT2D eigenvalue weighted by molar-refractivity contribution is 0.111. The Labute approximate surface area is 138 Å². The predicted molar refractivity (Wildman–Crippen MR) is 88.0 cm³/mol. The summed E-state index contributed by atoms with van der Waals surface area (Å²) in [4.78, 5) is 16.6. The molecule has 21 heavy (non-hydrogen) atoms. The van der Waals surface area contributed by atoms with Crippen molar-refractivity contribution in [2.24, 2.45) is 0 Å². The van der Waals surface area contributed by atoms with Crippen LogP contribution in [-0.4, -0.2) is 15.8 Å². The number of rotatable bonds is 5. The first kappa shape index (κ1) is 16.4. The average Bonchev–Trinajstić information content (AvgIpc) is 2.75. The molecule has 0 aliphatic carbocycles. The molecule has 0 aliphatic heterocycles. The van der Waals surface area contributed by atoms with Gasteiger partial charge in [-0.1, -0.05) is 48.8 Å². The van der Waals surface area contributed by atoms with Crippen LogP contribution in [0.25, 0.3) is 0 Å². The van der Waals surface area contributed by atoms with Crippen molar-refractivity contribution < 1.29 is 4.79 Å². The van der Waals surface area contributed by atoms with Gasteiger partial charge < -0.3 is 4.57 Å². The van der Waals surface area contributed by atoms with Crippen molar-refractivity contribution in [1.29, 1.82) is 0 Å². The number of aromatic nitrogens is 2. The highest BCUT2D eigenvalue weighted by Crippen LogP contribution is 2.36. The van der Waals surface area contributed by atoms with Crippen molar-refractivity contribution in [3.05, 3.63) is 39.8 Å². The van der Waals surface area contributed by atoms with E-state index in [0.717, 1.165) is 21.9 Å². The van der Waals surface area contributed by atoms with Crippen LogP contribution in [0.15, 0.2) is 28.1 Å². The number of carbonyl (C=O) groups excluding carboxylic acids is 1. The summed E-state index contributed by atoms with van der Waals surface area (Å²) in [6.07, 6.45) is 0.796. The van der Waals surface area contributed by atoms with Gasteiger partial charge >= 0.3 is 0 Å². The SMILES string of the molecule is CCn1c(C=O)nc(Sc2cc(Cl)cc(Cl)c2)c1C(C)C. The van der Waals surface area contributed by atoms with E-state index in [4.69, 9.17) is 23.2 Å². The van der Waals surface area contributed by atoms with Crippen LogP contribution in [0.5, 0.6) is 0 Å². The van der Waals surface area contributed by atoms with Crippen molar-refractivity contribution in [1.82, 2.24) is 9.55 Å². The highest BCUT2D eigenvalue weighted by molar-refractivity contribution is 7.99. The van der Waals surface area contributed by atoms with Gasteiger partial charge in [0.15, 0.2) is 12.1 Å². The molecule has 0 N–H and O–H groups in total.